The van der Waals surface area contributed by atoms with Crippen LogP contribution in [0.3, 0.4) is 0 Å². The second kappa shape index (κ2) is 3.61. The lowest BCUT2D eigenvalue weighted by Gasteiger charge is -2.12. The van der Waals surface area contributed by atoms with Crippen molar-refractivity contribution in [1.82, 2.24) is 5.32 Å². The molecule has 0 atom stereocenters. The molecule has 1 saturated heterocycles. The van der Waals surface area contributed by atoms with Gasteiger partial charge in [0.15, 0.2) is 0 Å². The number of nitro benzene ring substituents is 1. The molecule has 16 heavy (non-hydrogen) atoms. The molecule has 0 saturated carbocycles. The molecule has 0 radical (unpaired) electrons. The molecule has 2 rings (SSSR count). The van der Waals surface area contributed by atoms with Gasteiger partial charge < -0.3 is 0 Å². The molecule has 0 unspecified atom stereocenters. The number of urea groups is 1. The SMILES string of the molecule is O=C1CN(c2cccc([N+](=O)[O-])c2)C(=O)N1. The predicted molar refractivity (Wildman–Crippen MR) is 54.0 cm³/mol. The molecule has 1 aromatic carbocycles. The number of benzene rings is 1. The van der Waals surface area contributed by atoms with E-state index in [1.165, 1.54) is 24.3 Å². The summed E-state index contributed by atoms with van der Waals surface area (Å²) in [6.45, 7) is -0.111. The molecule has 1 aromatic rings. The highest BCUT2D eigenvalue weighted by atomic mass is 16.6. The summed E-state index contributed by atoms with van der Waals surface area (Å²) in [4.78, 5) is 33.4. The fourth-order valence-corrected chi connectivity index (χ4v) is 1.42. The smallest absolute Gasteiger partial charge is 0.284 e. The summed E-state index contributed by atoms with van der Waals surface area (Å²) in [7, 11) is 0. The molecule has 0 spiro atoms. The van der Waals surface area contributed by atoms with E-state index < -0.39 is 16.9 Å². The van der Waals surface area contributed by atoms with Gasteiger partial charge in [0.25, 0.3) is 5.69 Å². The summed E-state index contributed by atoms with van der Waals surface area (Å²) in [6.07, 6.45) is 0. The van der Waals surface area contributed by atoms with Crippen LogP contribution in [-0.4, -0.2) is 23.4 Å². The Hall–Kier alpha value is -2.44. The lowest BCUT2D eigenvalue weighted by molar-refractivity contribution is -0.384. The van der Waals surface area contributed by atoms with Gasteiger partial charge in [-0.05, 0) is 6.07 Å². The van der Waals surface area contributed by atoms with Crippen LogP contribution in [0.4, 0.5) is 16.2 Å². The normalized spacial score (nSPS) is 15.1. The van der Waals surface area contributed by atoms with Gasteiger partial charge in [-0.25, -0.2) is 4.79 Å². The summed E-state index contributed by atoms with van der Waals surface area (Å²) in [5.41, 5.74) is 0.210. The van der Waals surface area contributed by atoms with Crippen molar-refractivity contribution in [2.75, 3.05) is 11.4 Å². The van der Waals surface area contributed by atoms with Gasteiger partial charge in [-0.15, -0.1) is 0 Å². The van der Waals surface area contributed by atoms with Crippen molar-refractivity contribution in [1.29, 1.82) is 0 Å². The molecular weight excluding hydrogens is 214 g/mol. The summed E-state index contributed by atoms with van der Waals surface area (Å²) < 4.78 is 0. The monoisotopic (exact) mass is 221 g/mol. The van der Waals surface area contributed by atoms with E-state index in [0.29, 0.717) is 5.69 Å². The van der Waals surface area contributed by atoms with Crippen molar-refractivity contribution in [3.63, 3.8) is 0 Å². The Balaban J connectivity index is 2.34. The van der Waals surface area contributed by atoms with Crippen LogP contribution in [0.1, 0.15) is 0 Å². The lowest BCUT2D eigenvalue weighted by atomic mass is 10.2. The fourth-order valence-electron chi connectivity index (χ4n) is 1.42. The first-order valence-electron chi connectivity index (χ1n) is 4.44. The maximum absolute atomic E-state index is 11.3. The summed E-state index contributed by atoms with van der Waals surface area (Å²) >= 11 is 0. The standard InChI is InChI=1S/C9H7N3O4/c13-8-5-11(9(14)10-8)6-2-1-3-7(4-6)12(15)16/h1-4H,5H2,(H,10,13,14). The van der Waals surface area contributed by atoms with Gasteiger partial charge in [0.2, 0.25) is 5.91 Å². The molecule has 1 N–H and O–H groups in total. The van der Waals surface area contributed by atoms with Crippen molar-refractivity contribution in [3.05, 3.63) is 34.4 Å². The largest absolute Gasteiger partial charge is 0.329 e. The van der Waals surface area contributed by atoms with Crippen LogP contribution in [0.15, 0.2) is 24.3 Å². The first-order chi connectivity index (χ1) is 7.58. The van der Waals surface area contributed by atoms with Gasteiger partial charge in [-0.1, -0.05) is 6.07 Å². The van der Waals surface area contributed by atoms with Gasteiger partial charge in [-0.2, -0.15) is 0 Å². The van der Waals surface area contributed by atoms with Crippen molar-refractivity contribution in [2.24, 2.45) is 0 Å². The molecular formula is C9H7N3O4. The number of hydrogen-bond donors (Lipinski definition) is 1. The second-order valence-electron chi connectivity index (χ2n) is 3.22. The average molecular weight is 221 g/mol. The Morgan fingerprint density at radius 1 is 1.38 bits per heavy atom. The average Bonchev–Trinajstić information content (AvgIpc) is 2.58. The van der Waals surface area contributed by atoms with E-state index in [0.717, 1.165) is 4.90 Å². The number of non-ortho nitro benzene ring substituents is 1. The van der Waals surface area contributed by atoms with E-state index in [9.17, 15) is 19.7 Å². The van der Waals surface area contributed by atoms with E-state index >= 15 is 0 Å². The maximum Gasteiger partial charge on any atom is 0.329 e. The molecule has 1 fully saturated rings. The van der Waals surface area contributed by atoms with Crippen LogP contribution >= 0.6 is 0 Å². The topological polar surface area (TPSA) is 92.6 Å². The minimum absolute atomic E-state index is 0.111. The Kier molecular flexibility index (Phi) is 2.28. The third kappa shape index (κ3) is 1.70. The van der Waals surface area contributed by atoms with Crippen molar-refractivity contribution >= 4 is 23.3 Å². The van der Waals surface area contributed by atoms with Crippen LogP contribution in [0, 0.1) is 10.1 Å². The quantitative estimate of drug-likeness (QED) is 0.450. The zero-order chi connectivity index (χ0) is 11.7. The molecule has 0 bridgehead atoms. The van der Waals surface area contributed by atoms with Crippen LogP contribution in [0.25, 0.3) is 0 Å². The molecule has 7 nitrogen and oxygen atoms in total. The highest BCUT2D eigenvalue weighted by molar-refractivity contribution is 6.12. The number of imide groups is 1. The minimum atomic E-state index is -0.564. The Morgan fingerprint density at radius 3 is 2.69 bits per heavy atom. The molecule has 0 aromatic heterocycles. The zero-order valence-electron chi connectivity index (χ0n) is 8.04. The van der Waals surface area contributed by atoms with Gasteiger partial charge in [0, 0.05) is 12.1 Å². The minimum Gasteiger partial charge on any atom is -0.284 e. The molecule has 0 aliphatic carbocycles. The highest BCUT2D eigenvalue weighted by Crippen LogP contribution is 2.22. The Labute approximate surface area is 89.8 Å². The Morgan fingerprint density at radius 2 is 2.12 bits per heavy atom. The Bertz CT molecular complexity index is 485. The van der Waals surface area contributed by atoms with E-state index in [4.69, 9.17) is 0 Å². The number of carbonyl (C=O) groups is 2. The molecule has 7 heteroatoms. The third-order valence-electron chi connectivity index (χ3n) is 2.15. The lowest BCUT2D eigenvalue weighted by Crippen LogP contribution is -2.27. The fraction of sp³-hybridized carbons (Fsp3) is 0.111. The molecule has 1 aliphatic rings. The van der Waals surface area contributed by atoms with Crippen molar-refractivity contribution < 1.29 is 14.5 Å². The number of nitrogens with zero attached hydrogens (tertiary/aromatic N) is 2. The summed E-state index contributed by atoms with van der Waals surface area (Å²) in [6, 6.07) is 5.00. The van der Waals surface area contributed by atoms with E-state index in [1.54, 1.807) is 0 Å². The first-order valence-corrected chi connectivity index (χ1v) is 4.44. The zero-order valence-corrected chi connectivity index (χ0v) is 8.04. The summed E-state index contributed by atoms with van der Waals surface area (Å²) in [5.74, 6) is -0.420. The van der Waals surface area contributed by atoms with Gasteiger partial charge in [-0.3, -0.25) is 25.1 Å². The molecule has 1 heterocycles. The number of anilines is 1. The predicted octanol–water partition coefficient (Wildman–Crippen LogP) is 0.651. The second-order valence-corrected chi connectivity index (χ2v) is 3.22. The number of rotatable bonds is 2. The van der Waals surface area contributed by atoms with Crippen molar-refractivity contribution in [2.45, 2.75) is 0 Å². The number of carbonyl (C=O) groups excluding carboxylic acids is 2. The molecule has 1 aliphatic heterocycles. The number of amides is 3. The number of hydrogen-bond acceptors (Lipinski definition) is 4. The van der Waals surface area contributed by atoms with E-state index in [2.05, 4.69) is 5.32 Å². The molecule has 82 valence electrons. The van der Waals surface area contributed by atoms with E-state index in [1.807, 2.05) is 0 Å². The maximum atomic E-state index is 11.3. The highest BCUT2D eigenvalue weighted by Gasteiger charge is 2.28. The van der Waals surface area contributed by atoms with Crippen molar-refractivity contribution in [3.8, 4) is 0 Å². The third-order valence-corrected chi connectivity index (χ3v) is 2.15. The first kappa shape index (κ1) is 10.1. The van der Waals surface area contributed by atoms with E-state index in [-0.39, 0.29) is 12.2 Å². The van der Waals surface area contributed by atoms with Crippen LogP contribution in [0.5, 0.6) is 0 Å². The van der Waals surface area contributed by atoms with Gasteiger partial charge in [0.05, 0.1) is 10.6 Å². The number of nitrogens with one attached hydrogen (secondary N) is 1. The van der Waals surface area contributed by atoms with Crippen LogP contribution < -0.4 is 10.2 Å². The number of nitro groups is 1. The van der Waals surface area contributed by atoms with Gasteiger partial charge in [0.1, 0.15) is 6.54 Å². The van der Waals surface area contributed by atoms with Crippen LogP contribution in [-0.2, 0) is 4.79 Å². The summed E-state index contributed by atoms with van der Waals surface area (Å²) in [5, 5.41) is 12.6. The van der Waals surface area contributed by atoms with Crippen LogP contribution in [0.2, 0.25) is 0 Å². The van der Waals surface area contributed by atoms with Gasteiger partial charge >= 0.3 is 6.03 Å². The molecule has 3 amide bonds.